The molecule has 0 spiro atoms. The van der Waals surface area contributed by atoms with E-state index in [0.29, 0.717) is 47.5 Å². The summed E-state index contributed by atoms with van der Waals surface area (Å²) >= 11 is 0. The molecule has 0 saturated carbocycles. The largest absolute Gasteiger partial charge is 0.355 e. The van der Waals surface area contributed by atoms with E-state index < -0.39 is 17.3 Å². The number of fused-ring (bicyclic) bond motifs is 1. The smallest absolute Gasteiger partial charge is 0.353 e. The monoisotopic (exact) mass is 555 g/mol. The molecule has 41 heavy (non-hydrogen) atoms. The second-order valence-corrected chi connectivity index (χ2v) is 10.9. The normalized spacial score (nSPS) is 15.5. The lowest BCUT2D eigenvalue weighted by Gasteiger charge is -2.35. The molecular weight excluding hydrogens is 520 g/mol. The molecule has 4 heterocycles. The van der Waals surface area contributed by atoms with E-state index in [1.165, 1.54) is 16.7 Å². The lowest BCUT2D eigenvalue weighted by molar-refractivity contribution is 0.481. The molecule has 212 valence electrons. The van der Waals surface area contributed by atoms with E-state index in [2.05, 4.69) is 34.9 Å². The molecule has 8 heteroatoms. The number of allylic oxidation sites excluding steroid dienone is 2. The van der Waals surface area contributed by atoms with Crippen molar-refractivity contribution in [2.45, 2.75) is 64.8 Å². The number of rotatable bonds is 8. The van der Waals surface area contributed by atoms with Gasteiger partial charge in [0.15, 0.2) is 5.65 Å². The molecular formula is C33H35F2N5O. The summed E-state index contributed by atoms with van der Waals surface area (Å²) in [5, 5.41) is 0.393. The minimum absolute atomic E-state index is 0.0378. The average Bonchev–Trinajstić information content (AvgIpc) is 2.94. The van der Waals surface area contributed by atoms with Crippen molar-refractivity contribution >= 4 is 16.9 Å². The van der Waals surface area contributed by atoms with Gasteiger partial charge in [-0.05, 0) is 74.3 Å². The molecule has 6 nitrogen and oxygen atoms in total. The van der Waals surface area contributed by atoms with Gasteiger partial charge < -0.3 is 4.90 Å². The maximum atomic E-state index is 16.1. The Hall–Kier alpha value is -4.20. The van der Waals surface area contributed by atoms with Gasteiger partial charge in [-0.1, -0.05) is 38.1 Å². The molecule has 0 bridgehead atoms. The van der Waals surface area contributed by atoms with Gasteiger partial charge in [-0.15, -0.1) is 13.2 Å². The van der Waals surface area contributed by atoms with E-state index in [-0.39, 0.29) is 28.9 Å². The molecule has 1 aliphatic rings. The Kier molecular flexibility index (Phi) is 8.10. The van der Waals surface area contributed by atoms with Crippen molar-refractivity contribution in [1.82, 2.24) is 19.5 Å². The van der Waals surface area contributed by atoms with Gasteiger partial charge in [-0.25, -0.2) is 23.1 Å². The summed E-state index contributed by atoms with van der Waals surface area (Å²) in [4.78, 5) is 30.0. The van der Waals surface area contributed by atoms with Gasteiger partial charge in [0.05, 0.1) is 16.8 Å². The molecule has 0 amide bonds. The van der Waals surface area contributed by atoms with Crippen LogP contribution in [0.4, 0.5) is 14.6 Å². The van der Waals surface area contributed by atoms with Gasteiger partial charge >= 0.3 is 5.69 Å². The Balaban J connectivity index is 1.93. The van der Waals surface area contributed by atoms with Crippen LogP contribution in [0.3, 0.4) is 0 Å². The van der Waals surface area contributed by atoms with Crippen LogP contribution in [-0.2, 0) is 12.8 Å². The maximum Gasteiger partial charge on any atom is 0.355 e. The molecule has 1 fully saturated rings. The average molecular weight is 556 g/mol. The third-order valence-corrected chi connectivity index (χ3v) is 7.75. The van der Waals surface area contributed by atoms with Gasteiger partial charge in [0.25, 0.3) is 0 Å². The minimum Gasteiger partial charge on any atom is -0.353 e. The number of benzene rings is 1. The Labute approximate surface area is 239 Å². The van der Waals surface area contributed by atoms with Crippen LogP contribution >= 0.6 is 0 Å². The topological polar surface area (TPSA) is 63.9 Å². The summed E-state index contributed by atoms with van der Waals surface area (Å²) < 4.78 is 32.8. The van der Waals surface area contributed by atoms with E-state index in [1.807, 2.05) is 19.9 Å². The standard InChI is InChI=1S/C33H35F2N5O/c1-6-11-22-14-10-15-25(34)27(22)29-26(35)19-24-31(39-18-9-8-13-21(39)5)38-33(41)40(32(24)37-29)30-23(12-7-2)16-17-36-28(30)20(3)4/h6-7,10,14-17,19-21H,1-2,8-9,11-13,18H2,3-5H3/t21-/m0/s1. The highest BCUT2D eigenvalue weighted by atomic mass is 19.1. The van der Waals surface area contributed by atoms with Crippen LogP contribution in [0.1, 0.15) is 62.8 Å². The van der Waals surface area contributed by atoms with Crippen molar-refractivity contribution < 1.29 is 8.78 Å². The Morgan fingerprint density at radius 3 is 2.51 bits per heavy atom. The van der Waals surface area contributed by atoms with E-state index in [4.69, 9.17) is 4.98 Å². The number of hydrogen-bond acceptors (Lipinski definition) is 5. The van der Waals surface area contributed by atoms with Gasteiger partial charge in [0, 0.05) is 24.3 Å². The molecule has 0 unspecified atom stereocenters. The maximum absolute atomic E-state index is 16.1. The van der Waals surface area contributed by atoms with E-state index >= 15 is 8.78 Å². The first-order valence-corrected chi connectivity index (χ1v) is 14.1. The molecule has 1 atom stereocenters. The van der Waals surface area contributed by atoms with Gasteiger partial charge in [-0.3, -0.25) is 4.98 Å². The fraction of sp³-hybridized carbons (Fsp3) is 0.333. The number of nitrogens with zero attached hydrogens (tertiary/aromatic N) is 5. The van der Waals surface area contributed by atoms with Crippen molar-refractivity contribution in [1.29, 1.82) is 0 Å². The molecule has 0 N–H and O–H groups in total. The van der Waals surface area contributed by atoms with Crippen LogP contribution in [-0.4, -0.2) is 32.1 Å². The number of hydrogen-bond donors (Lipinski definition) is 0. The van der Waals surface area contributed by atoms with E-state index in [1.54, 1.807) is 30.5 Å². The first-order valence-electron chi connectivity index (χ1n) is 14.1. The third-order valence-electron chi connectivity index (χ3n) is 7.75. The lowest BCUT2D eigenvalue weighted by Crippen LogP contribution is -2.40. The van der Waals surface area contributed by atoms with Gasteiger partial charge in [0.1, 0.15) is 23.1 Å². The fourth-order valence-electron chi connectivity index (χ4n) is 5.79. The molecule has 1 aliphatic heterocycles. The quantitative estimate of drug-likeness (QED) is 0.217. The number of anilines is 1. The van der Waals surface area contributed by atoms with E-state index in [9.17, 15) is 4.79 Å². The minimum atomic E-state index is -0.688. The van der Waals surface area contributed by atoms with Crippen LogP contribution < -0.4 is 10.6 Å². The highest BCUT2D eigenvalue weighted by Gasteiger charge is 2.28. The second-order valence-electron chi connectivity index (χ2n) is 10.9. The zero-order valence-corrected chi connectivity index (χ0v) is 23.8. The SMILES string of the molecule is C=CCc1cccc(F)c1-c1nc2c(cc1F)c(N1CCCC[C@@H]1C)nc(=O)n2-c1c(CC=C)ccnc1C(C)C. The summed E-state index contributed by atoms with van der Waals surface area (Å²) in [7, 11) is 0. The van der Waals surface area contributed by atoms with Crippen LogP contribution in [0, 0.1) is 11.6 Å². The van der Waals surface area contributed by atoms with Crippen LogP contribution in [0.25, 0.3) is 28.0 Å². The predicted molar refractivity (Wildman–Crippen MR) is 161 cm³/mol. The molecule has 5 rings (SSSR count). The highest BCUT2D eigenvalue weighted by molar-refractivity contribution is 5.90. The number of piperidine rings is 1. The van der Waals surface area contributed by atoms with Crippen molar-refractivity contribution in [3.05, 3.63) is 101 Å². The summed E-state index contributed by atoms with van der Waals surface area (Å²) in [6.45, 7) is 14.4. The molecule has 1 saturated heterocycles. The molecule has 3 aromatic heterocycles. The molecule has 4 aromatic rings. The molecule has 1 aromatic carbocycles. The van der Waals surface area contributed by atoms with Crippen molar-refractivity contribution in [3.8, 4) is 16.9 Å². The molecule has 0 radical (unpaired) electrons. The fourth-order valence-corrected chi connectivity index (χ4v) is 5.79. The van der Waals surface area contributed by atoms with Crippen LogP contribution in [0.5, 0.6) is 0 Å². The first-order chi connectivity index (χ1) is 19.8. The number of pyridine rings is 2. The summed E-state index contributed by atoms with van der Waals surface area (Å²) in [6, 6.07) is 7.90. The Morgan fingerprint density at radius 1 is 1.05 bits per heavy atom. The summed E-state index contributed by atoms with van der Waals surface area (Å²) in [5.74, 6) is -0.928. The highest BCUT2D eigenvalue weighted by Crippen LogP contribution is 2.36. The van der Waals surface area contributed by atoms with Crippen molar-refractivity contribution in [3.63, 3.8) is 0 Å². The first kappa shape index (κ1) is 28.3. The number of aromatic nitrogens is 4. The zero-order valence-electron chi connectivity index (χ0n) is 23.8. The lowest BCUT2D eigenvalue weighted by atomic mass is 9.99. The third kappa shape index (κ3) is 5.19. The van der Waals surface area contributed by atoms with Gasteiger partial charge in [-0.2, -0.15) is 4.98 Å². The van der Waals surface area contributed by atoms with Crippen LogP contribution in [0.15, 0.2) is 66.6 Å². The predicted octanol–water partition coefficient (Wildman–Crippen LogP) is 7.08. The molecule has 0 aliphatic carbocycles. The van der Waals surface area contributed by atoms with E-state index in [0.717, 1.165) is 24.8 Å². The zero-order chi connectivity index (χ0) is 29.3. The second kappa shape index (κ2) is 11.7. The van der Waals surface area contributed by atoms with Gasteiger partial charge in [0.2, 0.25) is 0 Å². The van der Waals surface area contributed by atoms with Crippen LogP contribution in [0.2, 0.25) is 0 Å². The number of halogens is 2. The Bertz CT molecular complexity index is 1690. The summed E-state index contributed by atoms with van der Waals surface area (Å²) in [5.41, 5.74) is 2.15. The van der Waals surface area contributed by atoms with Crippen molar-refractivity contribution in [2.75, 3.05) is 11.4 Å². The summed E-state index contributed by atoms with van der Waals surface area (Å²) in [6.07, 6.45) is 8.85. The Morgan fingerprint density at radius 2 is 1.80 bits per heavy atom. The van der Waals surface area contributed by atoms with Crippen molar-refractivity contribution in [2.24, 2.45) is 0 Å².